The highest BCUT2D eigenvalue weighted by atomic mass is 31.2. The van der Waals surface area contributed by atoms with E-state index < -0.39 is 13.9 Å². The minimum Gasteiger partial charge on any atom is -0.388 e. The Balaban J connectivity index is 3.66. The van der Waals surface area contributed by atoms with E-state index in [0.29, 0.717) is 17.6 Å². The molecule has 0 rings (SSSR count). The second kappa shape index (κ2) is 12.4. The Bertz CT molecular complexity index is 334. The zero-order valence-corrected chi connectivity index (χ0v) is 16.0. The van der Waals surface area contributed by atoms with Crippen LogP contribution in [0.1, 0.15) is 39.0 Å². The highest BCUT2D eigenvalue weighted by Gasteiger charge is 2.23. The Morgan fingerprint density at radius 3 is 2.26 bits per heavy atom. The quantitative estimate of drug-likeness (QED) is 0.266. The molecular formula is C15H35NO6P+. The summed E-state index contributed by atoms with van der Waals surface area (Å²) in [5, 5.41) is 9.67. The van der Waals surface area contributed by atoms with E-state index in [1.54, 1.807) is 0 Å². The van der Waals surface area contributed by atoms with Crippen LogP contribution in [0.2, 0.25) is 0 Å². The molecule has 0 bridgehead atoms. The fraction of sp³-hybridized carbons (Fsp3) is 1.00. The average Bonchev–Trinajstić information content (AvgIpc) is 2.42. The van der Waals surface area contributed by atoms with Gasteiger partial charge >= 0.3 is 7.82 Å². The summed E-state index contributed by atoms with van der Waals surface area (Å²) in [5.74, 6) is 0. The minimum atomic E-state index is -4.12. The number of rotatable bonds is 15. The summed E-state index contributed by atoms with van der Waals surface area (Å²) in [6.07, 6.45) is 4.77. The molecule has 2 atom stereocenters. The van der Waals surface area contributed by atoms with Crippen molar-refractivity contribution in [2.45, 2.75) is 45.1 Å². The van der Waals surface area contributed by atoms with Crippen LogP contribution < -0.4 is 0 Å². The molecule has 0 fully saturated rings. The number of hydrogen-bond acceptors (Lipinski definition) is 5. The van der Waals surface area contributed by atoms with Crippen molar-refractivity contribution in [3.8, 4) is 0 Å². The first-order valence-electron chi connectivity index (χ1n) is 8.34. The second-order valence-corrected chi connectivity index (χ2v) is 8.21. The van der Waals surface area contributed by atoms with Crippen molar-refractivity contribution in [2.24, 2.45) is 0 Å². The number of ether oxygens (including phenoxy) is 1. The lowest BCUT2D eigenvalue weighted by atomic mass is 10.2. The molecule has 0 aliphatic heterocycles. The summed E-state index contributed by atoms with van der Waals surface area (Å²) >= 11 is 0. The Hall–Kier alpha value is -0.0100. The second-order valence-electron chi connectivity index (χ2n) is 6.75. The van der Waals surface area contributed by atoms with Crippen LogP contribution in [0, 0.1) is 0 Å². The lowest BCUT2D eigenvalue weighted by molar-refractivity contribution is -0.870. The zero-order chi connectivity index (χ0) is 17.8. The number of quaternary nitrogens is 1. The maximum Gasteiger partial charge on any atom is 0.472 e. The summed E-state index contributed by atoms with van der Waals surface area (Å²) < 4.78 is 27.2. The average molecular weight is 356 g/mol. The van der Waals surface area contributed by atoms with Crippen molar-refractivity contribution < 1.29 is 32.8 Å². The third-order valence-electron chi connectivity index (χ3n) is 3.15. The van der Waals surface area contributed by atoms with Crippen LogP contribution in [0.4, 0.5) is 0 Å². The van der Waals surface area contributed by atoms with Gasteiger partial charge in [0.2, 0.25) is 0 Å². The molecule has 0 aliphatic rings. The van der Waals surface area contributed by atoms with Crippen molar-refractivity contribution in [1.82, 2.24) is 0 Å². The molecule has 0 amide bonds. The molecule has 8 heteroatoms. The lowest BCUT2D eigenvalue weighted by Crippen LogP contribution is -2.37. The van der Waals surface area contributed by atoms with E-state index in [2.05, 4.69) is 6.92 Å². The van der Waals surface area contributed by atoms with Gasteiger partial charge in [0.1, 0.15) is 19.3 Å². The van der Waals surface area contributed by atoms with Crippen LogP contribution in [0.15, 0.2) is 0 Å². The molecule has 23 heavy (non-hydrogen) atoms. The van der Waals surface area contributed by atoms with Gasteiger partial charge in [0.05, 0.1) is 34.4 Å². The molecule has 0 radical (unpaired) electrons. The van der Waals surface area contributed by atoms with E-state index in [-0.39, 0.29) is 19.8 Å². The van der Waals surface area contributed by atoms with Crippen molar-refractivity contribution in [1.29, 1.82) is 0 Å². The number of hydrogen-bond donors (Lipinski definition) is 2. The number of nitrogens with zero attached hydrogens (tertiary/aromatic N) is 1. The molecule has 0 spiro atoms. The van der Waals surface area contributed by atoms with Gasteiger partial charge in [-0.3, -0.25) is 9.05 Å². The normalized spacial score (nSPS) is 16.3. The summed E-state index contributed by atoms with van der Waals surface area (Å²) in [4.78, 5) is 9.50. The van der Waals surface area contributed by atoms with E-state index in [0.717, 1.165) is 12.8 Å². The van der Waals surface area contributed by atoms with Gasteiger partial charge in [-0.05, 0) is 6.42 Å². The van der Waals surface area contributed by atoms with Crippen LogP contribution in [0.3, 0.4) is 0 Å². The van der Waals surface area contributed by atoms with Crippen molar-refractivity contribution in [3.63, 3.8) is 0 Å². The highest BCUT2D eigenvalue weighted by molar-refractivity contribution is 7.47. The third kappa shape index (κ3) is 16.6. The Labute approximate surface area is 140 Å². The van der Waals surface area contributed by atoms with Crippen LogP contribution in [-0.2, 0) is 18.3 Å². The Morgan fingerprint density at radius 1 is 1.00 bits per heavy atom. The number of aliphatic hydroxyl groups excluding tert-OH is 1. The van der Waals surface area contributed by atoms with E-state index in [1.807, 2.05) is 21.1 Å². The molecule has 0 aromatic heterocycles. The van der Waals surface area contributed by atoms with Crippen LogP contribution in [0.25, 0.3) is 0 Å². The lowest BCUT2D eigenvalue weighted by Gasteiger charge is -2.24. The third-order valence-corrected chi connectivity index (χ3v) is 4.13. The van der Waals surface area contributed by atoms with Crippen LogP contribution in [-0.4, -0.2) is 74.7 Å². The molecule has 0 saturated heterocycles. The maximum atomic E-state index is 11.6. The van der Waals surface area contributed by atoms with Gasteiger partial charge in [0.25, 0.3) is 0 Å². The highest BCUT2D eigenvalue weighted by Crippen LogP contribution is 2.43. The van der Waals surface area contributed by atoms with E-state index in [4.69, 9.17) is 13.8 Å². The van der Waals surface area contributed by atoms with E-state index in [1.165, 1.54) is 19.3 Å². The van der Waals surface area contributed by atoms with Gasteiger partial charge in [0.15, 0.2) is 0 Å². The van der Waals surface area contributed by atoms with E-state index >= 15 is 0 Å². The summed E-state index contributed by atoms with van der Waals surface area (Å²) in [7, 11) is 1.75. The summed E-state index contributed by atoms with van der Waals surface area (Å²) in [6, 6.07) is 0. The first-order chi connectivity index (χ1) is 10.7. The predicted molar refractivity (Wildman–Crippen MR) is 90.2 cm³/mol. The molecule has 0 aromatic carbocycles. The topological polar surface area (TPSA) is 85.2 Å². The first-order valence-corrected chi connectivity index (χ1v) is 9.84. The summed E-state index contributed by atoms with van der Waals surface area (Å²) in [6.45, 7) is 3.25. The Kier molecular flexibility index (Phi) is 12.4. The standard InChI is InChI=1S/C15H34NO6P/c1-5-6-7-8-9-11-20-13-15(17)14-22-23(18,19)21-12-10-16(2,3)4/h15,17H,5-14H2,1-4H3/p+1. The van der Waals surface area contributed by atoms with Gasteiger partial charge in [-0.25, -0.2) is 4.57 Å². The molecule has 2 N–H and O–H groups in total. The molecule has 0 saturated carbocycles. The SMILES string of the molecule is CCCCCCCOCC(O)COP(=O)(O)OCC[N+](C)(C)C. The predicted octanol–water partition coefficient (Wildman–Crippen LogP) is 2.17. The molecule has 0 heterocycles. The number of phosphoric ester groups is 1. The number of phosphoric acid groups is 1. The molecule has 0 aromatic rings. The molecule has 7 nitrogen and oxygen atoms in total. The van der Waals surface area contributed by atoms with Gasteiger partial charge in [-0.1, -0.05) is 32.6 Å². The maximum absolute atomic E-state index is 11.6. The number of likely N-dealkylation sites (N-methyl/N-ethyl adjacent to an activating group) is 1. The molecular weight excluding hydrogens is 321 g/mol. The largest absolute Gasteiger partial charge is 0.472 e. The van der Waals surface area contributed by atoms with Crippen molar-refractivity contribution >= 4 is 7.82 Å². The fourth-order valence-corrected chi connectivity index (χ4v) is 2.47. The number of aliphatic hydroxyl groups is 1. The van der Waals surface area contributed by atoms with Gasteiger partial charge in [-0.2, -0.15) is 0 Å². The fourth-order valence-electron chi connectivity index (χ4n) is 1.72. The molecule has 0 aliphatic carbocycles. The van der Waals surface area contributed by atoms with Gasteiger partial charge in [-0.15, -0.1) is 0 Å². The molecule has 2 unspecified atom stereocenters. The van der Waals surface area contributed by atoms with Crippen LogP contribution in [0.5, 0.6) is 0 Å². The van der Waals surface area contributed by atoms with Gasteiger partial charge in [0, 0.05) is 6.61 Å². The van der Waals surface area contributed by atoms with Gasteiger partial charge < -0.3 is 19.2 Å². The Morgan fingerprint density at radius 2 is 1.65 bits per heavy atom. The monoisotopic (exact) mass is 356 g/mol. The summed E-state index contributed by atoms with van der Waals surface area (Å²) in [5.41, 5.74) is 0. The number of unbranched alkanes of at least 4 members (excludes halogenated alkanes) is 4. The van der Waals surface area contributed by atoms with Crippen molar-refractivity contribution in [3.05, 3.63) is 0 Å². The first kappa shape index (κ1) is 23.0. The van der Waals surface area contributed by atoms with Crippen LogP contribution >= 0.6 is 7.82 Å². The minimum absolute atomic E-state index is 0.0899. The van der Waals surface area contributed by atoms with E-state index in [9.17, 15) is 14.6 Å². The zero-order valence-electron chi connectivity index (χ0n) is 15.1. The van der Waals surface area contributed by atoms with Crippen molar-refractivity contribution in [2.75, 3.05) is 54.1 Å². The smallest absolute Gasteiger partial charge is 0.388 e. The molecule has 140 valence electrons.